The smallest absolute Gasteiger partial charge is 0.220 e. The first kappa shape index (κ1) is 56.9. The van der Waals surface area contributed by atoms with Crippen molar-refractivity contribution in [3.05, 3.63) is 12.2 Å². The Morgan fingerprint density at radius 2 is 0.933 bits per heavy atom. The number of amides is 1. The Labute approximate surface area is 369 Å². The molecule has 0 bridgehead atoms. The Kier molecular flexibility index (Phi) is 39.8. The normalized spacial score (nSPS) is 20.6. The molecule has 1 aliphatic heterocycles. The fraction of sp³-hybridized carbons (Fsp3) is 0.941. The van der Waals surface area contributed by atoms with E-state index in [0.29, 0.717) is 12.8 Å². The topological polar surface area (TPSA) is 149 Å². The number of aliphatic hydroxyl groups excluding tert-OH is 5. The average Bonchev–Trinajstić information content (AvgIpc) is 3.25. The fourth-order valence-electron chi connectivity index (χ4n) is 8.45. The summed E-state index contributed by atoms with van der Waals surface area (Å²) in [7, 11) is 0. The molecule has 1 aliphatic rings. The highest BCUT2D eigenvalue weighted by molar-refractivity contribution is 5.76. The van der Waals surface area contributed by atoms with Crippen LogP contribution in [-0.4, -0.2) is 87.5 Å². The second-order valence-corrected chi connectivity index (χ2v) is 18.3. The summed E-state index contributed by atoms with van der Waals surface area (Å²) in [5.74, 6) is -0.149. The standard InChI is InChI=1S/C51H99NO8/c1-3-5-7-9-11-13-15-17-19-21-22-23-25-27-29-31-33-35-37-39-41-47(55)52-44(43-59-51-50(58)49(57)48(56)46(42-53)60-51)45(54)40-38-36-34-32-30-28-26-24-20-18-16-14-12-10-8-6-4-2/h30,32,44-46,48-51,53-54,56-58H,3-29,31,33-43H2,1-2H3,(H,52,55)/b32-30+/t44-,45+,46-,48-,49?,50?,51-/m0/s1. The number of aliphatic hydroxyl groups is 5. The summed E-state index contributed by atoms with van der Waals surface area (Å²) in [6.07, 6.45) is 42.3. The van der Waals surface area contributed by atoms with Crippen LogP contribution >= 0.6 is 0 Å². The van der Waals surface area contributed by atoms with E-state index in [1.165, 1.54) is 180 Å². The molecule has 2 unspecified atom stereocenters. The lowest BCUT2D eigenvalue weighted by atomic mass is 9.99. The van der Waals surface area contributed by atoms with Gasteiger partial charge in [-0.05, 0) is 38.5 Å². The minimum atomic E-state index is -1.55. The van der Waals surface area contributed by atoms with Crippen molar-refractivity contribution in [2.45, 2.75) is 294 Å². The molecular weight excluding hydrogens is 755 g/mol. The third kappa shape index (κ3) is 31.7. The quantitative estimate of drug-likeness (QED) is 0.0262. The Hall–Kier alpha value is -1.07. The first-order valence-electron chi connectivity index (χ1n) is 25.9. The molecule has 1 fully saturated rings. The van der Waals surface area contributed by atoms with E-state index >= 15 is 0 Å². The lowest BCUT2D eigenvalue weighted by Crippen LogP contribution is -2.60. The molecule has 1 rings (SSSR count). The van der Waals surface area contributed by atoms with Gasteiger partial charge in [0.2, 0.25) is 5.91 Å². The number of nitrogens with one attached hydrogen (secondary N) is 1. The van der Waals surface area contributed by atoms with Crippen LogP contribution in [0, 0.1) is 0 Å². The van der Waals surface area contributed by atoms with Gasteiger partial charge in [0.25, 0.3) is 0 Å². The highest BCUT2D eigenvalue weighted by Crippen LogP contribution is 2.23. The molecule has 0 aromatic rings. The Morgan fingerprint density at radius 3 is 1.35 bits per heavy atom. The van der Waals surface area contributed by atoms with Gasteiger partial charge in [0.1, 0.15) is 24.4 Å². The van der Waals surface area contributed by atoms with Crippen molar-refractivity contribution in [3.8, 4) is 0 Å². The number of rotatable bonds is 44. The minimum absolute atomic E-state index is 0.145. The van der Waals surface area contributed by atoms with Crippen LogP contribution in [0.25, 0.3) is 0 Å². The molecule has 0 aromatic heterocycles. The minimum Gasteiger partial charge on any atom is -0.394 e. The van der Waals surface area contributed by atoms with E-state index in [-0.39, 0.29) is 12.5 Å². The number of ether oxygens (including phenoxy) is 2. The van der Waals surface area contributed by atoms with Gasteiger partial charge in [-0.15, -0.1) is 0 Å². The highest BCUT2D eigenvalue weighted by Gasteiger charge is 2.44. The van der Waals surface area contributed by atoms with Crippen molar-refractivity contribution in [1.82, 2.24) is 5.32 Å². The summed E-state index contributed by atoms with van der Waals surface area (Å²) in [5, 5.41) is 54.5. The summed E-state index contributed by atoms with van der Waals surface area (Å²) in [6.45, 7) is 3.85. The highest BCUT2D eigenvalue weighted by atomic mass is 16.7. The first-order valence-corrected chi connectivity index (χ1v) is 25.9. The van der Waals surface area contributed by atoms with Crippen molar-refractivity contribution in [2.75, 3.05) is 13.2 Å². The van der Waals surface area contributed by atoms with Crippen LogP contribution in [0.5, 0.6) is 0 Å². The van der Waals surface area contributed by atoms with Crippen molar-refractivity contribution >= 4 is 5.91 Å². The molecule has 60 heavy (non-hydrogen) atoms. The molecule has 0 radical (unpaired) electrons. The largest absolute Gasteiger partial charge is 0.394 e. The van der Waals surface area contributed by atoms with E-state index in [2.05, 4.69) is 31.3 Å². The summed E-state index contributed by atoms with van der Waals surface area (Å²) < 4.78 is 11.3. The van der Waals surface area contributed by atoms with Gasteiger partial charge in [-0.3, -0.25) is 4.79 Å². The number of allylic oxidation sites excluding steroid dienone is 2. The molecule has 0 saturated carbocycles. The number of hydrogen-bond donors (Lipinski definition) is 6. The van der Waals surface area contributed by atoms with Gasteiger partial charge in [-0.25, -0.2) is 0 Å². The number of hydrogen-bond acceptors (Lipinski definition) is 8. The van der Waals surface area contributed by atoms with E-state index in [9.17, 15) is 30.3 Å². The zero-order valence-electron chi connectivity index (χ0n) is 39.2. The zero-order valence-corrected chi connectivity index (χ0v) is 39.2. The molecule has 0 spiro atoms. The Morgan fingerprint density at radius 1 is 0.550 bits per heavy atom. The molecule has 9 nitrogen and oxygen atoms in total. The van der Waals surface area contributed by atoms with Crippen LogP contribution in [0.2, 0.25) is 0 Å². The van der Waals surface area contributed by atoms with E-state index in [1.54, 1.807) is 0 Å². The van der Waals surface area contributed by atoms with Gasteiger partial charge in [-0.1, -0.05) is 219 Å². The van der Waals surface area contributed by atoms with E-state index in [1.807, 2.05) is 0 Å². The molecule has 9 heteroatoms. The van der Waals surface area contributed by atoms with Gasteiger partial charge in [0, 0.05) is 6.42 Å². The van der Waals surface area contributed by atoms with Crippen LogP contribution in [0.15, 0.2) is 12.2 Å². The third-order valence-corrected chi connectivity index (χ3v) is 12.6. The molecular formula is C51H99NO8. The summed E-state index contributed by atoms with van der Waals surface area (Å²) >= 11 is 0. The number of carbonyl (C=O) groups is 1. The van der Waals surface area contributed by atoms with Gasteiger partial charge < -0.3 is 40.3 Å². The van der Waals surface area contributed by atoms with Gasteiger partial charge >= 0.3 is 0 Å². The predicted molar refractivity (Wildman–Crippen MR) is 249 cm³/mol. The molecule has 356 valence electrons. The second kappa shape index (κ2) is 41.9. The fourth-order valence-corrected chi connectivity index (χ4v) is 8.45. The molecule has 1 amide bonds. The van der Waals surface area contributed by atoms with Gasteiger partial charge in [-0.2, -0.15) is 0 Å². The van der Waals surface area contributed by atoms with Crippen LogP contribution in [0.3, 0.4) is 0 Å². The molecule has 7 atom stereocenters. The molecule has 6 N–H and O–H groups in total. The number of carbonyl (C=O) groups excluding carboxylic acids is 1. The maximum absolute atomic E-state index is 13.0. The maximum Gasteiger partial charge on any atom is 0.220 e. The van der Waals surface area contributed by atoms with Crippen LogP contribution in [0.4, 0.5) is 0 Å². The second-order valence-electron chi connectivity index (χ2n) is 18.3. The first-order chi connectivity index (χ1) is 29.3. The lowest BCUT2D eigenvalue weighted by molar-refractivity contribution is -0.302. The summed E-state index contributed by atoms with van der Waals surface area (Å²) in [5.41, 5.74) is 0. The van der Waals surface area contributed by atoms with E-state index in [0.717, 1.165) is 44.9 Å². The van der Waals surface area contributed by atoms with Crippen LogP contribution in [0.1, 0.15) is 251 Å². The van der Waals surface area contributed by atoms with E-state index < -0.39 is 49.5 Å². The van der Waals surface area contributed by atoms with Crippen molar-refractivity contribution in [2.24, 2.45) is 0 Å². The SMILES string of the molecule is CCCCCCCCCCCCC/C=C/CCCC[C@@H](O)[C@H](CO[C@H]1O[C@@H](CO)[C@H](O)C(O)C1O)NC(=O)CCCCCCCCCCCCCCCCCCCCCC. The van der Waals surface area contributed by atoms with Crippen molar-refractivity contribution < 1.29 is 39.8 Å². The van der Waals surface area contributed by atoms with Crippen molar-refractivity contribution in [1.29, 1.82) is 0 Å². The molecule has 1 saturated heterocycles. The van der Waals surface area contributed by atoms with Gasteiger partial charge in [0.05, 0.1) is 25.4 Å². The molecule has 0 aromatic carbocycles. The predicted octanol–water partition coefficient (Wildman–Crippen LogP) is 11.7. The summed E-state index contributed by atoms with van der Waals surface area (Å²) in [6, 6.07) is -0.730. The molecule has 0 aliphatic carbocycles. The summed E-state index contributed by atoms with van der Waals surface area (Å²) in [4.78, 5) is 13.0. The average molecular weight is 854 g/mol. The van der Waals surface area contributed by atoms with Crippen molar-refractivity contribution in [3.63, 3.8) is 0 Å². The molecule has 1 heterocycles. The maximum atomic E-state index is 13.0. The third-order valence-electron chi connectivity index (χ3n) is 12.6. The lowest BCUT2D eigenvalue weighted by Gasteiger charge is -2.40. The zero-order chi connectivity index (χ0) is 43.7. The van der Waals surface area contributed by atoms with Crippen LogP contribution < -0.4 is 5.32 Å². The number of unbranched alkanes of at least 4 members (excludes halogenated alkanes) is 32. The Bertz CT molecular complexity index is 950. The Balaban J connectivity index is 2.27. The van der Waals surface area contributed by atoms with Crippen LogP contribution in [-0.2, 0) is 14.3 Å². The van der Waals surface area contributed by atoms with E-state index in [4.69, 9.17) is 9.47 Å². The monoisotopic (exact) mass is 854 g/mol. The van der Waals surface area contributed by atoms with Gasteiger partial charge in [0.15, 0.2) is 6.29 Å².